The molecule has 178 valence electrons. The van der Waals surface area contributed by atoms with E-state index in [-0.39, 0.29) is 11.7 Å². The molecule has 0 unspecified atom stereocenters. The second-order valence-corrected chi connectivity index (χ2v) is 9.48. The molecule has 1 N–H and O–H groups in total. The Balaban J connectivity index is 1.32. The van der Waals surface area contributed by atoms with Crippen LogP contribution in [0.5, 0.6) is 0 Å². The maximum atomic E-state index is 12.3. The highest BCUT2D eigenvalue weighted by molar-refractivity contribution is 5.97. The van der Waals surface area contributed by atoms with Crippen molar-refractivity contribution in [2.24, 2.45) is 5.92 Å². The van der Waals surface area contributed by atoms with Gasteiger partial charge in [0.1, 0.15) is 5.65 Å². The predicted octanol–water partition coefficient (Wildman–Crippen LogP) is 4.24. The monoisotopic (exact) mass is 460 g/mol. The molecule has 2 fully saturated rings. The standard InChI is InChI=1S/C26H32N6O2/c1-18(33)24-15-21-16-27-26(29-25(21)32(24)17-20-5-3-4-6-20)28-22-7-9-23(10-8-22)31-13-11-30(12-14-31)19(2)34/h7-10,15-16,20H,3-6,11-14,17H2,1-2H3,(H,27,28,29). The van der Waals surface area contributed by atoms with Crippen molar-refractivity contribution < 1.29 is 9.59 Å². The zero-order valence-electron chi connectivity index (χ0n) is 20.0. The molecule has 34 heavy (non-hydrogen) atoms. The van der Waals surface area contributed by atoms with Crippen LogP contribution in [0.1, 0.15) is 50.0 Å². The van der Waals surface area contributed by atoms with E-state index < -0.39 is 0 Å². The van der Waals surface area contributed by atoms with E-state index in [1.54, 1.807) is 20.0 Å². The van der Waals surface area contributed by atoms with E-state index in [0.717, 1.165) is 55.1 Å². The number of carbonyl (C=O) groups excluding carboxylic acids is 2. The third-order valence-electron chi connectivity index (χ3n) is 7.12. The molecule has 3 heterocycles. The number of hydrogen-bond donors (Lipinski definition) is 1. The second-order valence-electron chi connectivity index (χ2n) is 9.48. The van der Waals surface area contributed by atoms with Crippen LogP contribution < -0.4 is 10.2 Å². The van der Waals surface area contributed by atoms with Gasteiger partial charge in [0.2, 0.25) is 11.9 Å². The topological polar surface area (TPSA) is 83.4 Å². The summed E-state index contributed by atoms with van der Waals surface area (Å²) < 4.78 is 2.09. The Morgan fingerprint density at radius 3 is 2.38 bits per heavy atom. The Bertz CT molecular complexity index is 1190. The molecule has 8 heteroatoms. The van der Waals surface area contributed by atoms with Gasteiger partial charge >= 0.3 is 0 Å². The molecule has 0 radical (unpaired) electrons. The van der Waals surface area contributed by atoms with Crippen LogP contribution in [0.3, 0.4) is 0 Å². The number of rotatable bonds is 6. The van der Waals surface area contributed by atoms with E-state index in [4.69, 9.17) is 4.98 Å². The first-order valence-corrected chi connectivity index (χ1v) is 12.2. The van der Waals surface area contributed by atoms with Gasteiger partial charge in [0.05, 0.1) is 5.69 Å². The zero-order valence-corrected chi connectivity index (χ0v) is 20.0. The number of amides is 1. The Morgan fingerprint density at radius 2 is 1.74 bits per heavy atom. The number of benzene rings is 1. The van der Waals surface area contributed by atoms with Crippen LogP contribution in [0.2, 0.25) is 0 Å². The Kier molecular flexibility index (Phi) is 6.22. The lowest BCUT2D eigenvalue weighted by Gasteiger charge is -2.35. The Hall–Kier alpha value is -3.42. The molecule has 1 aliphatic carbocycles. The molecule has 1 amide bonds. The van der Waals surface area contributed by atoms with Crippen LogP contribution in [-0.4, -0.2) is 57.3 Å². The minimum atomic E-state index is 0.0604. The highest BCUT2D eigenvalue weighted by Gasteiger charge is 2.21. The first kappa shape index (κ1) is 22.4. The molecule has 3 aromatic rings. The normalized spacial score (nSPS) is 16.9. The van der Waals surface area contributed by atoms with Crippen LogP contribution >= 0.6 is 0 Å². The third-order valence-corrected chi connectivity index (χ3v) is 7.12. The SMILES string of the molecule is CC(=O)c1cc2cnc(Nc3ccc(N4CCN(C(C)=O)CC4)cc3)nc2n1CC1CCCC1. The van der Waals surface area contributed by atoms with E-state index >= 15 is 0 Å². The summed E-state index contributed by atoms with van der Waals surface area (Å²) in [6.07, 6.45) is 6.75. The molecule has 2 aliphatic rings. The van der Waals surface area contributed by atoms with Crippen molar-refractivity contribution in [3.63, 3.8) is 0 Å². The number of anilines is 3. The number of fused-ring (bicyclic) bond motifs is 1. The summed E-state index contributed by atoms with van der Waals surface area (Å²) in [7, 11) is 0. The predicted molar refractivity (Wildman–Crippen MR) is 134 cm³/mol. The average Bonchev–Trinajstić information content (AvgIpc) is 3.48. The molecular weight excluding hydrogens is 428 g/mol. The summed E-state index contributed by atoms with van der Waals surface area (Å²) in [4.78, 5) is 37.3. The molecule has 1 aliphatic heterocycles. The number of piperazine rings is 1. The average molecular weight is 461 g/mol. The summed E-state index contributed by atoms with van der Waals surface area (Å²) in [5.74, 6) is 1.33. The molecule has 0 atom stereocenters. The van der Waals surface area contributed by atoms with Gasteiger partial charge in [0.15, 0.2) is 5.78 Å². The largest absolute Gasteiger partial charge is 0.368 e. The van der Waals surface area contributed by atoms with Crippen LogP contribution in [0, 0.1) is 5.92 Å². The van der Waals surface area contributed by atoms with E-state index in [1.807, 2.05) is 23.1 Å². The van der Waals surface area contributed by atoms with Gasteiger partial charge in [-0.2, -0.15) is 4.98 Å². The summed E-state index contributed by atoms with van der Waals surface area (Å²) >= 11 is 0. The maximum Gasteiger partial charge on any atom is 0.229 e. The minimum absolute atomic E-state index is 0.0604. The van der Waals surface area contributed by atoms with Crippen molar-refractivity contribution in [1.82, 2.24) is 19.4 Å². The molecule has 0 spiro atoms. The lowest BCUT2D eigenvalue weighted by Crippen LogP contribution is -2.48. The van der Waals surface area contributed by atoms with Gasteiger partial charge in [0.25, 0.3) is 0 Å². The van der Waals surface area contributed by atoms with Crippen molar-refractivity contribution in [1.29, 1.82) is 0 Å². The fourth-order valence-electron chi connectivity index (χ4n) is 5.19. The van der Waals surface area contributed by atoms with Crippen LogP contribution in [0.25, 0.3) is 11.0 Å². The van der Waals surface area contributed by atoms with Gasteiger partial charge in [-0.05, 0) is 49.1 Å². The van der Waals surface area contributed by atoms with E-state index in [1.165, 1.54) is 25.7 Å². The van der Waals surface area contributed by atoms with Gasteiger partial charge in [0, 0.05) is 69.5 Å². The molecular formula is C26H32N6O2. The van der Waals surface area contributed by atoms with Gasteiger partial charge in [-0.3, -0.25) is 9.59 Å². The summed E-state index contributed by atoms with van der Waals surface area (Å²) in [6, 6.07) is 10.1. The second kappa shape index (κ2) is 9.44. The molecule has 2 aromatic heterocycles. The molecule has 1 saturated carbocycles. The number of hydrogen-bond acceptors (Lipinski definition) is 6. The lowest BCUT2D eigenvalue weighted by molar-refractivity contribution is -0.129. The summed E-state index contributed by atoms with van der Waals surface area (Å²) in [5, 5.41) is 4.21. The van der Waals surface area contributed by atoms with Crippen molar-refractivity contribution in [2.75, 3.05) is 36.4 Å². The number of nitrogens with zero attached hydrogens (tertiary/aromatic N) is 5. The summed E-state index contributed by atoms with van der Waals surface area (Å²) in [6.45, 7) is 7.26. The fraction of sp³-hybridized carbons (Fsp3) is 0.462. The van der Waals surface area contributed by atoms with Crippen molar-refractivity contribution in [3.8, 4) is 0 Å². The fourth-order valence-corrected chi connectivity index (χ4v) is 5.19. The Morgan fingerprint density at radius 1 is 1.03 bits per heavy atom. The quantitative estimate of drug-likeness (QED) is 0.554. The van der Waals surface area contributed by atoms with Gasteiger partial charge < -0.3 is 19.7 Å². The highest BCUT2D eigenvalue weighted by Crippen LogP contribution is 2.29. The minimum Gasteiger partial charge on any atom is -0.368 e. The van der Waals surface area contributed by atoms with Crippen molar-refractivity contribution in [2.45, 2.75) is 46.1 Å². The molecule has 1 aromatic carbocycles. The lowest BCUT2D eigenvalue weighted by atomic mass is 10.1. The third kappa shape index (κ3) is 4.62. The molecule has 8 nitrogen and oxygen atoms in total. The van der Waals surface area contributed by atoms with Crippen molar-refractivity contribution >= 4 is 40.0 Å². The number of ketones is 1. The first-order chi connectivity index (χ1) is 16.5. The maximum absolute atomic E-state index is 12.3. The molecule has 1 saturated heterocycles. The number of nitrogens with one attached hydrogen (secondary N) is 1. The van der Waals surface area contributed by atoms with Crippen molar-refractivity contribution in [3.05, 3.63) is 42.2 Å². The van der Waals surface area contributed by atoms with E-state index in [0.29, 0.717) is 17.6 Å². The van der Waals surface area contributed by atoms with E-state index in [9.17, 15) is 9.59 Å². The van der Waals surface area contributed by atoms with Crippen LogP contribution in [-0.2, 0) is 11.3 Å². The van der Waals surface area contributed by atoms with Crippen LogP contribution in [0.15, 0.2) is 36.5 Å². The van der Waals surface area contributed by atoms with E-state index in [2.05, 4.69) is 31.9 Å². The van der Waals surface area contributed by atoms with Gasteiger partial charge in [-0.1, -0.05) is 12.8 Å². The Labute approximate surface area is 200 Å². The summed E-state index contributed by atoms with van der Waals surface area (Å²) in [5.41, 5.74) is 3.57. The molecule has 5 rings (SSSR count). The first-order valence-electron chi connectivity index (χ1n) is 12.2. The zero-order chi connectivity index (χ0) is 23.7. The van der Waals surface area contributed by atoms with Crippen LogP contribution in [0.4, 0.5) is 17.3 Å². The number of aromatic nitrogens is 3. The van der Waals surface area contributed by atoms with Gasteiger partial charge in [-0.25, -0.2) is 4.98 Å². The smallest absolute Gasteiger partial charge is 0.229 e. The number of carbonyl (C=O) groups is 2. The highest BCUT2D eigenvalue weighted by atomic mass is 16.2. The number of Topliss-reactive ketones (excluding diaryl/α,β-unsaturated/α-hetero) is 1. The molecule has 0 bridgehead atoms. The van der Waals surface area contributed by atoms with Gasteiger partial charge in [-0.15, -0.1) is 0 Å².